The Labute approximate surface area is 403 Å². The zero-order valence-electron chi connectivity index (χ0n) is 40.7. The topological polar surface area (TPSA) is 272 Å². The van der Waals surface area contributed by atoms with E-state index in [2.05, 4.69) is 26.6 Å². The van der Waals surface area contributed by atoms with Gasteiger partial charge in [-0.2, -0.15) is 8.42 Å². The molecule has 21 heteroatoms. The number of esters is 1. The highest BCUT2D eigenvalue weighted by atomic mass is 32.2. The minimum atomic E-state index is -3.85. The molecule has 0 heterocycles. The van der Waals surface area contributed by atoms with Gasteiger partial charge in [0.25, 0.3) is 10.1 Å². The van der Waals surface area contributed by atoms with Crippen molar-refractivity contribution in [2.24, 2.45) is 0 Å². The van der Waals surface area contributed by atoms with Gasteiger partial charge in [0, 0.05) is 39.0 Å². The van der Waals surface area contributed by atoms with E-state index >= 15 is 0 Å². The Morgan fingerprint density at radius 1 is 0.559 bits per heavy atom. The van der Waals surface area contributed by atoms with Gasteiger partial charge in [-0.25, -0.2) is 9.59 Å². The Kier molecular flexibility index (Phi) is 35.7. The molecular weight excluding hydrogens is 907 g/mol. The molecule has 0 bridgehead atoms. The molecule has 0 aliphatic rings. The van der Waals surface area contributed by atoms with Gasteiger partial charge in [0.05, 0.1) is 45.4 Å². The SMILES string of the molecule is CC(C)(C)OC(=O)C(CCC(=O)NCCOCCOCC(=O)NCCOCCOCC(=O)NCCNC(=O)OCc1ccccc1)NC(=O)CCCCCCCCCCCCCCCS(=O)(=O)O. The Hall–Kier alpha value is -4.41. The first-order valence-corrected chi connectivity index (χ1v) is 25.7. The third kappa shape index (κ3) is 40.6. The van der Waals surface area contributed by atoms with Crippen LogP contribution in [0.15, 0.2) is 30.3 Å². The fraction of sp³-hybridized carbons (Fsp3) is 0.745. The molecule has 0 spiro atoms. The van der Waals surface area contributed by atoms with Crippen molar-refractivity contribution in [1.82, 2.24) is 26.6 Å². The fourth-order valence-corrected chi connectivity index (χ4v) is 6.87. The second kappa shape index (κ2) is 39.4. The van der Waals surface area contributed by atoms with E-state index in [9.17, 15) is 37.2 Å². The lowest BCUT2D eigenvalue weighted by molar-refractivity contribution is -0.159. The van der Waals surface area contributed by atoms with Crippen LogP contribution in [0, 0.1) is 0 Å². The molecule has 1 rings (SSSR count). The van der Waals surface area contributed by atoms with Crippen molar-refractivity contribution in [3.8, 4) is 0 Å². The number of hydrogen-bond donors (Lipinski definition) is 6. The minimum Gasteiger partial charge on any atom is -0.458 e. The maximum atomic E-state index is 12.9. The summed E-state index contributed by atoms with van der Waals surface area (Å²) in [6.45, 7) is 7.13. The van der Waals surface area contributed by atoms with Crippen LogP contribution in [-0.2, 0) is 69.1 Å². The monoisotopic (exact) mass is 988 g/mol. The lowest BCUT2D eigenvalue weighted by Crippen LogP contribution is -2.44. The maximum absolute atomic E-state index is 12.9. The van der Waals surface area contributed by atoms with Crippen molar-refractivity contribution >= 4 is 45.8 Å². The summed E-state index contributed by atoms with van der Waals surface area (Å²) in [5.74, 6) is -1.99. The van der Waals surface area contributed by atoms with Crippen LogP contribution in [-0.4, -0.2) is 145 Å². The molecule has 1 aromatic carbocycles. The molecule has 0 aliphatic carbocycles. The number of unbranched alkanes of at least 4 members (excludes halogenated alkanes) is 12. The number of carbonyl (C=O) groups is 6. The average Bonchev–Trinajstić information content (AvgIpc) is 3.28. The highest BCUT2D eigenvalue weighted by Gasteiger charge is 2.27. The number of carbonyl (C=O) groups excluding carboxylic acids is 6. The fourth-order valence-electron chi connectivity index (χ4n) is 6.30. The van der Waals surface area contributed by atoms with Crippen molar-refractivity contribution in [3.63, 3.8) is 0 Å². The van der Waals surface area contributed by atoms with Crippen molar-refractivity contribution in [2.45, 2.75) is 142 Å². The number of benzene rings is 1. The first kappa shape index (κ1) is 61.6. The Bertz CT molecular complexity index is 1650. The molecule has 0 aliphatic heterocycles. The van der Waals surface area contributed by atoms with Gasteiger partial charge in [0.15, 0.2) is 0 Å². The molecule has 390 valence electrons. The van der Waals surface area contributed by atoms with Crippen LogP contribution >= 0.6 is 0 Å². The van der Waals surface area contributed by atoms with Crippen LogP contribution in [0.2, 0.25) is 0 Å². The van der Waals surface area contributed by atoms with Gasteiger partial charge in [-0.05, 0) is 45.6 Å². The van der Waals surface area contributed by atoms with Crippen LogP contribution in [0.1, 0.15) is 129 Å². The van der Waals surface area contributed by atoms with Crippen LogP contribution in [0.3, 0.4) is 0 Å². The Balaban J connectivity index is 2.03. The summed E-state index contributed by atoms with van der Waals surface area (Å²) in [6.07, 6.45) is 12.6. The second-order valence-corrected chi connectivity index (χ2v) is 18.8. The van der Waals surface area contributed by atoms with Crippen molar-refractivity contribution in [3.05, 3.63) is 35.9 Å². The van der Waals surface area contributed by atoms with E-state index in [0.717, 1.165) is 76.2 Å². The zero-order valence-corrected chi connectivity index (χ0v) is 41.6. The number of ether oxygens (including phenoxy) is 6. The van der Waals surface area contributed by atoms with Gasteiger partial charge in [-0.1, -0.05) is 101 Å². The summed E-state index contributed by atoms with van der Waals surface area (Å²) in [5.41, 5.74) is 0.109. The summed E-state index contributed by atoms with van der Waals surface area (Å²) in [5, 5.41) is 13.3. The number of nitrogens with one attached hydrogen (secondary N) is 5. The van der Waals surface area contributed by atoms with Gasteiger partial charge < -0.3 is 55.0 Å². The van der Waals surface area contributed by atoms with Crippen LogP contribution in [0.25, 0.3) is 0 Å². The number of hydrogen-bond acceptors (Lipinski definition) is 14. The standard InChI is InChI=1S/C47H81N5O15S/c1-47(2,3)67-45(57)40(52-42(54)22-18-13-11-9-7-5-4-6-8-10-12-14-19-35-68(59,60)61)23-24-41(53)49-27-29-62-31-34-65-38-44(56)50-28-30-63-32-33-64-37-43(55)48-25-26-51-46(58)66-36-39-20-16-15-17-21-39/h15-17,20-21,40H,4-14,18-19,22-38H2,1-3H3,(H,48,55)(H,49,53)(H,50,56)(H,51,58)(H,52,54)(H,59,60,61). The molecule has 68 heavy (non-hydrogen) atoms. The Morgan fingerprint density at radius 3 is 1.56 bits per heavy atom. The predicted molar refractivity (Wildman–Crippen MR) is 255 cm³/mol. The first-order chi connectivity index (χ1) is 32.5. The van der Waals surface area contributed by atoms with Gasteiger partial charge in [-0.15, -0.1) is 0 Å². The molecule has 0 fully saturated rings. The van der Waals surface area contributed by atoms with E-state index in [4.69, 9.17) is 33.0 Å². The molecule has 0 saturated heterocycles. The van der Waals surface area contributed by atoms with Crippen molar-refractivity contribution in [1.29, 1.82) is 0 Å². The number of amides is 5. The maximum Gasteiger partial charge on any atom is 0.407 e. The van der Waals surface area contributed by atoms with Gasteiger partial charge in [0.2, 0.25) is 23.6 Å². The summed E-state index contributed by atoms with van der Waals surface area (Å²) in [4.78, 5) is 73.7. The molecule has 1 atom stereocenters. The highest BCUT2D eigenvalue weighted by Crippen LogP contribution is 2.15. The quantitative estimate of drug-likeness (QED) is 0.0303. The van der Waals surface area contributed by atoms with E-state index in [1.165, 1.54) is 0 Å². The summed E-state index contributed by atoms with van der Waals surface area (Å²) < 4.78 is 62.3. The van der Waals surface area contributed by atoms with E-state index in [1.54, 1.807) is 20.8 Å². The van der Waals surface area contributed by atoms with E-state index in [1.807, 2.05) is 30.3 Å². The smallest absolute Gasteiger partial charge is 0.407 e. The molecule has 0 saturated carbocycles. The van der Waals surface area contributed by atoms with Gasteiger partial charge in [-0.3, -0.25) is 23.7 Å². The highest BCUT2D eigenvalue weighted by molar-refractivity contribution is 7.85. The Morgan fingerprint density at radius 2 is 1.03 bits per heavy atom. The second-order valence-electron chi connectivity index (χ2n) is 17.2. The minimum absolute atomic E-state index is 0.00521. The van der Waals surface area contributed by atoms with E-state index < -0.39 is 33.8 Å². The van der Waals surface area contributed by atoms with Crippen LogP contribution in [0.5, 0.6) is 0 Å². The van der Waals surface area contributed by atoms with E-state index in [0.29, 0.717) is 12.8 Å². The summed E-state index contributed by atoms with van der Waals surface area (Å²) in [6, 6.07) is 8.31. The molecule has 0 aromatic heterocycles. The molecule has 0 radical (unpaired) electrons. The van der Waals surface area contributed by atoms with Gasteiger partial charge in [0.1, 0.15) is 31.5 Å². The molecule has 5 amide bonds. The number of rotatable bonds is 42. The third-order valence-corrected chi connectivity index (χ3v) is 10.6. The average molecular weight is 988 g/mol. The lowest BCUT2D eigenvalue weighted by Gasteiger charge is -2.24. The normalized spacial score (nSPS) is 11.9. The predicted octanol–water partition coefficient (Wildman–Crippen LogP) is 4.28. The molecule has 6 N–H and O–H groups in total. The molecule has 1 unspecified atom stereocenters. The zero-order chi connectivity index (χ0) is 50.1. The van der Waals surface area contributed by atoms with Gasteiger partial charge >= 0.3 is 12.1 Å². The van der Waals surface area contributed by atoms with Crippen LogP contribution < -0.4 is 26.6 Å². The lowest BCUT2D eigenvalue weighted by atomic mass is 10.0. The molecule has 20 nitrogen and oxygen atoms in total. The van der Waals surface area contributed by atoms with Crippen molar-refractivity contribution in [2.75, 3.05) is 84.8 Å². The molecule has 1 aromatic rings. The van der Waals surface area contributed by atoms with Crippen molar-refractivity contribution < 1.29 is 70.2 Å². The summed E-state index contributed by atoms with van der Waals surface area (Å²) in [7, 11) is -3.85. The largest absolute Gasteiger partial charge is 0.458 e. The molecular formula is C47H81N5O15S. The summed E-state index contributed by atoms with van der Waals surface area (Å²) >= 11 is 0. The third-order valence-electron chi connectivity index (χ3n) is 9.77. The first-order valence-electron chi connectivity index (χ1n) is 24.1. The van der Waals surface area contributed by atoms with E-state index in [-0.39, 0.29) is 134 Å². The number of alkyl carbamates (subject to hydrolysis) is 1. The van der Waals surface area contributed by atoms with Crippen LogP contribution in [0.4, 0.5) is 4.79 Å².